The van der Waals surface area contributed by atoms with Crippen LogP contribution in [-0.4, -0.2) is 36.6 Å². The molecule has 1 saturated heterocycles. The van der Waals surface area contributed by atoms with Gasteiger partial charge in [0.15, 0.2) is 0 Å². The number of carbonyl (C=O) groups excluding carboxylic acids is 1. The summed E-state index contributed by atoms with van der Waals surface area (Å²) >= 11 is 0. The number of hydrogen-bond acceptors (Lipinski definition) is 2. The number of ether oxygens (including phenoxy) is 1. The standard InChI is InChI=1S/C18H25NO2/c1-2-9-19(18(20)14-7-10-21-11-8-14)17-12-15-5-3-4-6-16(15)13-17/h3-6,14,17H,2,7-13H2,1H3. The fourth-order valence-corrected chi connectivity index (χ4v) is 3.65. The highest BCUT2D eigenvalue weighted by atomic mass is 16.5. The number of nitrogens with zero attached hydrogens (tertiary/aromatic N) is 1. The van der Waals surface area contributed by atoms with E-state index in [1.54, 1.807) is 0 Å². The maximum absolute atomic E-state index is 12.9. The summed E-state index contributed by atoms with van der Waals surface area (Å²) in [5.41, 5.74) is 2.84. The maximum Gasteiger partial charge on any atom is 0.226 e. The van der Waals surface area contributed by atoms with Gasteiger partial charge in [-0.15, -0.1) is 0 Å². The quantitative estimate of drug-likeness (QED) is 0.852. The van der Waals surface area contributed by atoms with Crippen molar-refractivity contribution < 1.29 is 9.53 Å². The van der Waals surface area contributed by atoms with Crippen LogP contribution in [0.25, 0.3) is 0 Å². The Hall–Kier alpha value is -1.35. The number of fused-ring (bicyclic) bond motifs is 1. The molecule has 0 radical (unpaired) electrons. The highest BCUT2D eigenvalue weighted by molar-refractivity contribution is 5.79. The summed E-state index contributed by atoms with van der Waals surface area (Å²) in [6, 6.07) is 8.98. The van der Waals surface area contributed by atoms with Gasteiger partial charge in [-0.25, -0.2) is 0 Å². The smallest absolute Gasteiger partial charge is 0.226 e. The van der Waals surface area contributed by atoms with E-state index in [-0.39, 0.29) is 5.92 Å². The van der Waals surface area contributed by atoms with Crippen LogP contribution in [-0.2, 0) is 22.4 Å². The van der Waals surface area contributed by atoms with Gasteiger partial charge in [0.2, 0.25) is 5.91 Å². The molecule has 0 N–H and O–H groups in total. The Morgan fingerprint density at radius 3 is 2.38 bits per heavy atom. The lowest BCUT2D eigenvalue weighted by Gasteiger charge is -2.33. The average Bonchev–Trinajstić information content (AvgIpc) is 2.96. The lowest BCUT2D eigenvalue weighted by atomic mass is 9.97. The minimum absolute atomic E-state index is 0.175. The Morgan fingerprint density at radius 1 is 1.19 bits per heavy atom. The van der Waals surface area contributed by atoms with Crippen LogP contribution in [0.3, 0.4) is 0 Å². The van der Waals surface area contributed by atoms with Crippen LogP contribution in [0, 0.1) is 5.92 Å². The van der Waals surface area contributed by atoms with Crippen molar-refractivity contribution >= 4 is 5.91 Å². The highest BCUT2D eigenvalue weighted by Gasteiger charge is 2.33. The molecular weight excluding hydrogens is 262 g/mol. The lowest BCUT2D eigenvalue weighted by molar-refractivity contribution is -0.140. The van der Waals surface area contributed by atoms with E-state index in [1.807, 2.05) is 0 Å². The van der Waals surface area contributed by atoms with Crippen LogP contribution in [0.15, 0.2) is 24.3 Å². The third-order valence-electron chi connectivity index (χ3n) is 4.79. The highest BCUT2D eigenvalue weighted by Crippen LogP contribution is 2.28. The Labute approximate surface area is 127 Å². The van der Waals surface area contributed by atoms with Gasteiger partial charge >= 0.3 is 0 Å². The molecule has 3 rings (SSSR count). The van der Waals surface area contributed by atoms with E-state index in [2.05, 4.69) is 36.1 Å². The summed E-state index contributed by atoms with van der Waals surface area (Å²) in [6.45, 7) is 4.52. The van der Waals surface area contributed by atoms with Crippen molar-refractivity contribution in [3.05, 3.63) is 35.4 Å². The van der Waals surface area contributed by atoms with Crippen molar-refractivity contribution in [1.29, 1.82) is 0 Å². The predicted molar refractivity (Wildman–Crippen MR) is 83.2 cm³/mol. The van der Waals surface area contributed by atoms with Crippen molar-refractivity contribution in [2.24, 2.45) is 5.92 Å². The minimum Gasteiger partial charge on any atom is -0.381 e. The average molecular weight is 287 g/mol. The summed E-state index contributed by atoms with van der Waals surface area (Å²) in [7, 11) is 0. The molecule has 0 bridgehead atoms. The van der Waals surface area contributed by atoms with Crippen molar-refractivity contribution in [1.82, 2.24) is 4.90 Å². The second-order valence-electron chi connectivity index (χ2n) is 6.25. The van der Waals surface area contributed by atoms with Crippen LogP contribution >= 0.6 is 0 Å². The first kappa shape index (κ1) is 14.6. The fourth-order valence-electron chi connectivity index (χ4n) is 3.65. The van der Waals surface area contributed by atoms with Gasteiger partial charge < -0.3 is 9.64 Å². The Bertz CT molecular complexity index is 469. The van der Waals surface area contributed by atoms with E-state index in [9.17, 15) is 4.79 Å². The summed E-state index contributed by atoms with van der Waals surface area (Å²) in [5.74, 6) is 0.534. The van der Waals surface area contributed by atoms with Gasteiger partial charge in [-0.3, -0.25) is 4.79 Å². The zero-order valence-corrected chi connectivity index (χ0v) is 12.9. The lowest BCUT2D eigenvalue weighted by Crippen LogP contribution is -2.45. The number of rotatable bonds is 4. The Morgan fingerprint density at radius 2 is 1.81 bits per heavy atom. The Balaban J connectivity index is 1.71. The molecular formula is C18H25NO2. The summed E-state index contributed by atoms with van der Waals surface area (Å²) in [6.07, 6.45) is 4.84. The number of benzene rings is 1. The van der Waals surface area contributed by atoms with Gasteiger partial charge in [0.05, 0.1) is 0 Å². The molecule has 3 heteroatoms. The molecule has 0 atom stereocenters. The van der Waals surface area contributed by atoms with Gasteiger partial charge in [-0.05, 0) is 43.2 Å². The van der Waals surface area contributed by atoms with E-state index in [0.29, 0.717) is 11.9 Å². The molecule has 114 valence electrons. The molecule has 21 heavy (non-hydrogen) atoms. The topological polar surface area (TPSA) is 29.5 Å². The molecule has 1 heterocycles. The fraction of sp³-hybridized carbons (Fsp3) is 0.611. The second-order valence-corrected chi connectivity index (χ2v) is 6.25. The number of hydrogen-bond donors (Lipinski definition) is 0. The summed E-state index contributed by atoms with van der Waals surface area (Å²) in [4.78, 5) is 15.1. The molecule has 1 aliphatic heterocycles. The first-order valence-electron chi connectivity index (χ1n) is 8.24. The van der Waals surface area contributed by atoms with Crippen molar-refractivity contribution in [3.8, 4) is 0 Å². The van der Waals surface area contributed by atoms with Crippen LogP contribution < -0.4 is 0 Å². The van der Waals surface area contributed by atoms with Crippen molar-refractivity contribution in [3.63, 3.8) is 0 Å². The molecule has 3 nitrogen and oxygen atoms in total. The number of carbonyl (C=O) groups is 1. The van der Waals surface area contributed by atoms with E-state index < -0.39 is 0 Å². The van der Waals surface area contributed by atoms with Gasteiger partial charge in [-0.1, -0.05) is 31.2 Å². The molecule has 1 aliphatic carbocycles. The Kier molecular flexibility index (Phi) is 4.59. The summed E-state index contributed by atoms with van der Waals surface area (Å²) in [5, 5.41) is 0. The van der Waals surface area contributed by atoms with E-state index in [1.165, 1.54) is 11.1 Å². The van der Waals surface area contributed by atoms with Crippen molar-refractivity contribution in [2.45, 2.75) is 45.1 Å². The monoisotopic (exact) mass is 287 g/mol. The molecule has 1 amide bonds. The van der Waals surface area contributed by atoms with E-state index in [4.69, 9.17) is 4.74 Å². The minimum atomic E-state index is 0.175. The molecule has 1 aromatic rings. The van der Waals surface area contributed by atoms with Gasteiger partial charge in [-0.2, -0.15) is 0 Å². The molecule has 0 spiro atoms. The first-order valence-corrected chi connectivity index (χ1v) is 8.24. The van der Waals surface area contributed by atoms with E-state index >= 15 is 0 Å². The molecule has 2 aliphatic rings. The second kappa shape index (κ2) is 6.61. The summed E-state index contributed by atoms with van der Waals surface area (Å²) < 4.78 is 5.40. The third-order valence-corrected chi connectivity index (χ3v) is 4.79. The number of amides is 1. The van der Waals surface area contributed by atoms with Gasteiger partial charge in [0.25, 0.3) is 0 Å². The maximum atomic E-state index is 12.9. The first-order chi connectivity index (χ1) is 10.3. The van der Waals surface area contributed by atoms with E-state index in [0.717, 1.165) is 51.9 Å². The largest absolute Gasteiger partial charge is 0.381 e. The van der Waals surface area contributed by atoms with Crippen LogP contribution in [0.1, 0.15) is 37.3 Å². The third kappa shape index (κ3) is 3.13. The zero-order valence-electron chi connectivity index (χ0n) is 12.9. The molecule has 1 fully saturated rings. The molecule has 0 aromatic heterocycles. The molecule has 0 saturated carbocycles. The normalized spacial score (nSPS) is 19.5. The molecule has 1 aromatic carbocycles. The molecule has 0 unspecified atom stereocenters. The SMILES string of the molecule is CCCN(C(=O)C1CCOCC1)C1Cc2ccccc2C1. The van der Waals surface area contributed by atoms with Crippen LogP contribution in [0.4, 0.5) is 0 Å². The van der Waals surface area contributed by atoms with Crippen LogP contribution in [0.5, 0.6) is 0 Å². The zero-order chi connectivity index (χ0) is 14.7. The predicted octanol–water partition coefficient (Wildman–Crippen LogP) is 2.82. The van der Waals surface area contributed by atoms with Crippen LogP contribution in [0.2, 0.25) is 0 Å². The van der Waals surface area contributed by atoms with Gasteiger partial charge in [0.1, 0.15) is 0 Å². The van der Waals surface area contributed by atoms with Gasteiger partial charge in [0, 0.05) is 31.7 Å². The van der Waals surface area contributed by atoms with Crippen molar-refractivity contribution in [2.75, 3.05) is 19.8 Å².